The summed E-state index contributed by atoms with van der Waals surface area (Å²) in [5.74, 6) is 1.72. The third-order valence-corrected chi connectivity index (χ3v) is 3.24. The van der Waals surface area contributed by atoms with Gasteiger partial charge in [-0.3, -0.25) is 0 Å². The van der Waals surface area contributed by atoms with Crippen molar-refractivity contribution < 1.29 is 4.74 Å². The Morgan fingerprint density at radius 1 is 1.33 bits per heavy atom. The highest BCUT2D eigenvalue weighted by molar-refractivity contribution is 5.66. The average Bonchev–Trinajstić information content (AvgIpc) is 2.84. The molecule has 2 N–H and O–H groups in total. The van der Waals surface area contributed by atoms with Crippen LogP contribution >= 0.6 is 0 Å². The van der Waals surface area contributed by atoms with E-state index >= 15 is 0 Å². The molecule has 1 aromatic heterocycles. The van der Waals surface area contributed by atoms with Crippen molar-refractivity contribution in [2.45, 2.75) is 13.8 Å². The Balaban J connectivity index is 2.44. The van der Waals surface area contributed by atoms with Gasteiger partial charge in [0.15, 0.2) is 5.82 Å². The van der Waals surface area contributed by atoms with Crippen molar-refractivity contribution in [3.05, 3.63) is 29.8 Å². The fourth-order valence-corrected chi connectivity index (χ4v) is 1.99. The molecule has 0 unspecified atom stereocenters. The van der Waals surface area contributed by atoms with Crippen LogP contribution in [0.5, 0.6) is 5.75 Å². The van der Waals surface area contributed by atoms with E-state index in [-0.39, 0.29) is 0 Å². The van der Waals surface area contributed by atoms with Gasteiger partial charge in [-0.05, 0) is 38.1 Å². The first kappa shape index (κ1) is 14.7. The molecule has 0 saturated carbocycles. The molecule has 1 aromatic carbocycles. The van der Waals surface area contributed by atoms with Crippen LogP contribution in [0.2, 0.25) is 0 Å². The van der Waals surface area contributed by atoms with Crippen molar-refractivity contribution in [3.8, 4) is 17.5 Å². The second-order valence-electron chi connectivity index (χ2n) is 4.55. The van der Waals surface area contributed by atoms with E-state index in [0.717, 1.165) is 18.0 Å². The Morgan fingerprint density at radius 3 is 2.52 bits per heavy atom. The number of ether oxygens (including phenoxy) is 1. The second kappa shape index (κ2) is 6.18. The van der Waals surface area contributed by atoms with Crippen LogP contribution in [0.4, 0.5) is 11.6 Å². The molecule has 0 fully saturated rings. The largest absolute Gasteiger partial charge is 0.494 e. The summed E-state index contributed by atoms with van der Waals surface area (Å²) in [6.45, 7) is 5.29. The summed E-state index contributed by atoms with van der Waals surface area (Å²) in [7, 11) is 1.88. The van der Waals surface area contributed by atoms with Gasteiger partial charge in [0.05, 0.1) is 12.3 Å². The van der Waals surface area contributed by atoms with Crippen molar-refractivity contribution in [1.29, 1.82) is 5.26 Å². The molecule has 21 heavy (non-hydrogen) atoms. The Labute approximate surface area is 124 Å². The quantitative estimate of drug-likeness (QED) is 0.910. The van der Waals surface area contributed by atoms with Gasteiger partial charge in [0.2, 0.25) is 0 Å². The first-order valence-corrected chi connectivity index (χ1v) is 6.85. The highest BCUT2D eigenvalue weighted by Crippen LogP contribution is 2.27. The maximum absolute atomic E-state index is 9.29. The van der Waals surface area contributed by atoms with Crippen LogP contribution in [0.3, 0.4) is 0 Å². The maximum atomic E-state index is 9.29. The Morgan fingerprint density at radius 2 is 2.00 bits per heavy atom. The first-order chi connectivity index (χ1) is 10.1. The number of hydrogen-bond acceptors (Lipinski definition) is 5. The molecule has 0 saturated heterocycles. The zero-order valence-corrected chi connectivity index (χ0v) is 12.5. The molecule has 110 valence electrons. The number of rotatable bonds is 5. The predicted molar refractivity (Wildman–Crippen MR) is 82.8 cm³/mol. The van der Waals surface area contributed by atoms with Crippen molar-refractivity contribution in [3.63, 3.8) is 0 Å². The van der Waals surface area contributed by atoms with E-state index in [4.69, 9.17) is 10.5 Å². The van der Waals surface area contributed by atoms with Gasteiger partial charge in [-0.15, -0.1) is 5.10 Å². The van der Waals surface area contributed by atoms with Crippen molar-refractivity contribution >= 4 is 11.6 Å². The highest BCUT2D eigenvalue weighted by Gasteiger charge is 2.18. The monoisotopic (exact) mass is 285 g/mol. The maximum Gasteiger partial charge on any atom is 0.171 e. The molecule has 6 nitrogen and oxygen atoms in total. The van der Waals surface area contributed by atoms with Crippen molar-refractivity contribution in [1.82, 2.24) is 9.78 Å². The van der Waals surface area contributed by atoms with E-state index < -0.39 is 0 Å². The molecule has 0 aliphatic rings. The van der Waals surface area contributed by atoms with Crippen LogP contribution in [0.15, 0.2) is 24.3 Å². The van der Waals surface area contributed by atoms with E-state index in [1.165, 1.54) is 0 Å². The molecule has 6 heteroatoms. The zero-order valence-electron chi connectivity index (χ0n) is 12.5. The number of anilines is 2. The molecule has 0 bridgehead atoms. The van der Waals surface area contributed by atoms with Gasteiger partial charge < -0.3 is 15.4 Å². The lowest BCUT2D eigenvalue weighted by Gasteiger charge is -2.12. The molecule has 0 spiro atoms. The van der Waals surface area contributed by atoms with Crippen LogP contribution in [0.25, 0.3) is 5.69 Å². The topological polar surface area (TPSA) is 80.1 Å². The molecule has 2 rings (SSSR count). The van der Waals surface area contributed by atoms with Crippen LogP contribution in [0.1, 0.15) is 19.4 Å². The number of hydrogen-bond donors (Lipinski definition) is 1. The number of nitrogen functional groups attached to an aromatic ring is 1. The lowest BCUT2D eigenvalue weighted by atomic mass is 10.3. The average molecular weight is 285 g/mol. The number of benzene rings is 1. The third kappa shape index (κ3) is 2.77. The van der Waals surface area contributed by atoms with Gasteiger partial charge in [0.1, 0.15) is 23.2 Å². The minimum Gasteiger partial charge on any atom is -0.494 e. The van der Waals surface area contributed by atoms with Crippen molar-refractivity contribution in [2.24, 2.45) is 0 Å². The number of aromatic nitrogens is 2. The van der Waals surface area contributed by atoms with Gasteiger partial charge >= 0.3 is 0 Å². The lowest BCUT2D eigenvalue weighted by molar-refractivity contribution is 0.340. The zero-order chi connectivity index (χ0) is 15.4. The molecule has 0 atom stereocenters. The molecule has 0 amide bonds. The lowest BCUT2D eigenvalue weighted by Crippen LogP contribution is -2.17. The molecule has 1 heterocycles. The van der Waals surface area contributed by atoms with E-state index in [1.54, 1.807) is 4.68 Å². The number of nitrogens with two attached hydrogens (primary N) is 1. The fraction of sp³-hybridized carbons (Fsp3) is 0.333. The Hall–Kier alpha value is -2.68. The number of nitriles is 1. The number of nitrogens with zero attached hydrogens (tertiary/aromatic N) is 4. The summed E-state index contributed by atoms with van der Waals surface area (Å²) in [6, 6.07) is 9.57. The standard InChI is InChI=1S/C15H19N5O/c1-4-19(3)15-13(10-16)14(17)20(18-15)11-6-8-12(9-7-11)21-5-2/h6-9H,4-5,17H2,1-3H3. The summed E-state index contributed by atoms with van der Waals surface area (Å²) in [5, 5.41) is 13.7. The summed E-state index contributed by atoms with van der Waals surface area (Å²) in [4.78, 5) is 1.89. The summed E-state index contributed by atoms with van der Waals surface area (Å²) in [5.41, 5.74) is 7.25. The minimum atomic E-state index is 0.344. The highest BCUT2D eigenvalue weighted by atomic mass is 16.5. The predicted octanol–water partition coefficient (Wildman–Crippen LogP) is 2.18. The van der Waals surface area contributed by atoms with Gasteiger partial charge in [-0.2, -0.15) is 5.26 Å². The normalized spacial score (nSPS) is 10.2. The summed E-state index contributed by atoms with van der Waals surface area (Å²) >= 11 is 0. The summed E-state index contributed by atoms with van der Waals surface area (Å²) < 4.78 is 6.99. The van der Waals surface area contributed by atoms with E-state index in [1.807, 2.05) is 50.1 Å². The van der Waals surface area contributed by atoms with E-state index in [0.29, 0.717) is 23.8 Å². The van der Waals surface area contributed by atoms with Gasteiger partial charge in [-0.25, -0.2) is 4.68 Å². The fourth-order valence-electron chi connectivity index (χ4n) is 1.99. The van der Waals surface area contributed by atoms with Crippen LogP contribution in [-0.4, -0.2) is 30.0 Å². The SMILES string of the molecule is CCOc1ccc(-n2nc(N(C)CC)c(C#N)c2N)cc1. The third-order valence-electron chi connectivity index (χ3n) is 3.24. The van der Waals surface area contributed by atoms with Crippen LogP contribution in [0, 0.1) is 11.3 Å². The molecule has 0 aliphatic heterocycles. The minimum absolute atomic E-state index is 0.344. The first-order valence-electron chi connectivity index (χ1n) is 6.85. The van der Waals surface area contributed by atoms with Crippen molar-refractivity contribution in [2.75, 3.05) is 30.8 Å². The van der Waals surface area contributed by atoms with Crippen LogP contribution < -0.4 is 15.4 Å². The van der Waals surface area contributed by atoms with Gasteiger partial charge in [-0.1, -0.05) is 0 Å². The molecule has 2 aromatic rings. The molecule has 0 radical (unpaired) electrons. The summed E-state index contributed by atoms with van der Waals surface area (Å²) in [6.07, 6.45) is 0. The molecule has 0 aliphatic carbocycles. The van der Waals surface area contributed by atoms with Gasteiger partial charge in [0, 0.05) is 13.6 Å². The smallest absolute Gasteiger partial charge is 0.171 e. The van der Waals surface area contributed by atoms with E-state index in [9.17, 15) is 5.26 Å². The van der Waals surface area contributed by atoms with Crippen LogP contribution in [-0.2, 0) is 0 Å². The van der Waals surface area contributed by atoms with Gasteiger partial charge in [0.25, 0.3) is 0 Å². The van der Waals surface area contributed by atoms with E-state index in [2.05, 4.69) is 11.2 Å². The Kier molecular flexibility index (Phi) is 4.33. The molecular formula is C15H19N5O. The molecular weight excluding hydrogens is 266 g/mol. The second-order valence-corrected chi connectivity index (χ2v) is 4.55. The Bertz CT molecular complexity index is 654.